The highest BCUT2D eigenvalue weighted by molar-refractivity contribution is 7.94. The molecule has 0 bridgehead atoms. The Kier molecular flexibility index (Phi) is 4.30. The first-order valence-electron chi connectivity index (χ1n) is 4.09. The maximum absolute atomic E-state index is 11.0. The molecule has 6 nitrogen and oxygen atoms in total. The Morgan fingerprint density at radius 3 is 2.38 bits per heavy atom. The van der Waals surface area contributed by atoms with E-state index in [-0.39, 0.29) is 4.90 Å². The Morgan fingerprint density at radius 1 is 1.25 bits per heavy atom. The van der Waals surface area contributed by atoms with Gasteiger partial charge in [0, 0.05) is 4.90 Å². The molecule has 0 amide bonds. The predicted octanol–water partition coefficient (Wildman–Crippen LogP) is 1.98. The minimum absolute atomic E-state index is 0.153. The van der Waals surface area contributed by atoms with E-state index in [1.165, 1.54) is 19.1 Å². The van der Waals surface area contributed by atoms with Crippen molar-refractivity contribution in [3.8, 4) is 0 Å². The van der Waals surface area contributed by atoms with Gasteiger partial charge in [0.25, 0.3) is 10.1 Å². The molecular formula is C8H10O6S2. The average Bonchev–Trinajstić information content (AvgIpc) is 2.17. The van der Waals surface area contributed by atoms with E-state index in [0.717, 1.165) is 12.0 Å². The third kappa shape index (κ3) is 3.17. The molecule has 0 aliphatic heterocycles. The van der Waals surface area contributed by atoms with Crippen molar-refractivity contribution in [2.75, 3.05) is 0 Å². The molecule has 0 saturated carbocycles. The lowest BCUT2D eigenvalue weighted by Gasteiger charge is -2.08. The van der Waals surface area contributed by atoms with Gasteiger partial charge in [-0.25, -0.2) is 5.26 Å². The summed E-state index contributed by atoms with van der Waals surface area (Å²) in [5, 5.41) is 11.4. The van der Waals surface area contributed by atoms with E-state index in [0.29, 0.717) is 16.0 Å². The molecule has 8 heteroatoms. The Balaban J connectivity index is 3.17. The number of rotatable bonds is 4. The minimum Gasteiger partial charge on any atom is -0.282 e. The van der Waals surface area contributed by atoms with Crippen LogP contribution in [-0.2, 0) is 19.5 Å². The minimum atomic E-state index is -4.22. The molecule has 2 N–H and O–H groups in total. The zero-order chi connectivity index (χ0) is 12.3. The summed E-state index contributed by atoms with van der Waals surface area (Å²) in [6.07, 6.45) is 0. The molecule has 1 aromatic rings. The van der Waals surface area contributed by atoms with Crippen LogP contribution in [0.3, 0.4) is 0 Å². The molecule has 16 heavy (non-hydrogen) atoms. The number of hydrogen-bond acceptors (Lipinski definition) is 6. The summed E-state index contributed by atoms with van der Waals surface area (Å²) >= 11 is 0.732. The molecule has 90 valence electrons. The summed E-state index contributed by atoms with van der Waals surface area (Å²) in [5.41, 5.74) is 0.942. The van der Waals surface area contributed by atoms with Gasteiger partial charge in [-0.1, -0.05) is 5.04 Å². The van der Waals surface area contributed by atoms with Crippen molar-refractivity contribution in [3.05, 3.63) is 23.3 Å². The van der Waals surface area contributed by atoms with E-state index in [9.17, 15) is 8.42 Å². The first-order chi connectivity index (χ1) is 7.36. The first kappa shape index (κ1) is 13.4. The maximum Gasteiger partial charge on any atom is 0.294 e. The third-order valence-electron chi connectivity index (χ3n) is 1.90. The fourth-order valence-electron chi connectivity index (χ4n) is 1.18. The van der Waals surface area contributed by atoms with Crippen molar-refractivity contribution in [1.82, 2.24) is 0 Å². The summed E-state index contributed by atoms with van der Waals surface area (Å²) < 4.78 is 35.1. The highest BCUT2D eigenvalue weighted by atomic mass is 32.2. The zero-order valence-corrected chi connectivity index (χ0v) is 10.1. The van der Waals surface area contributed by atoms with Crippen LogP contribution in [0, 0.1) is 13.8 Å². The Labute approximate surface area is 97.0 Å². The third-order valence-corrected chi connectivity index (χ3v) is 3.65. The number of benzene rings is 1. The van der Waals surface area contributed by atoms with Crippen molar-refractivity contribution in [3.63, 3.8) is 0 Å². The molecular weight excluding hydrogens is 256 g/mol. The lowest BCUT2D eigenvalue weighted by Crippen LogP contribution is -2.02. The van der Waals surface area contributed by atoms with Gasteiger partial charge in [-0.3, -0.25) is 4.55 Å². The largest absolute Gasteiger partial charge is 0.294 e. The molecule has 0 radical (unpaired) electrons. The van der Waals surface area contributed by atoms with Crippen molar-refractivity contribution < 1.29 is 27.6 Å². The molecule has 0 spiro atoms. The molecule has 0 heterocycles. The molecule has 1 rings (SSSR count). The molecule has 0 aromatic heterocycles. The van der Waals surface area contributed by atoms with E-state index in [1.54, 1.807) is 6.92 Å². The maximum atomic E-state index is 11.0. The van der Waals surface area contributed by atoms with Crippen LogP contribution in [0.2, 0.25) is 0 Å². The average molecular weight is 266 g/mol. The molecule has 0 fully saturated rings. The SMILES string of the molecule is Cc1cc(S(=O)(=O)O)c(C)cc1SOOO. The van der Waals surface area contributed by atoms with Gasteiger partial charge in [0.1, 0.15) is 0 Å². The molecule has 0 saturated heterocycles. The Morgan fingerprint density at radius 2 is 1.88 bits per heavy atom. The van der Waals surface area contributed by atoms with Crippen LogP contribution >= 0.6 is 12.0 Å². The second kappa shape index (κ2) is 5.13. The van der Waals surface area contributed by atoms with E-state index in [2.05, 4.69) is 9.37 Å². The van der Waals surface area contributed by atoms with Gasteiger partial charge >= 0.3 is 0 Å². The molecule has 0 aliphatic rings. The van der Waals surface area contributed by atoms with Crippen LogP contribution in [0.15, 0.2) is 21.9 Å². The lowest BCUT2D eigenvalue weighted by molar-refractivity contribution is -0.432. The van der Waals surface area contributed by atoms with E-state index < -0.39 is 10.1 Å². The van der Waals surface area contributed by atoms with Crippen LogP contribution in [0.1, 0.15) is 11.1 Å². The van der Waals surface area contributed by atoms with Crippen molar-refractivity contribution in [2.24, 2.45) is 0 Å². The quantitative estimate of drug-likeness (QED) is 0.372. The summed E-state index contributed by atoms with van der Waals surface area (Å²) in [7, 11) is -4.22. The van der Waals surface area contributed by atoms with Gasteiger partial charge in [-0.15, -0.1) is 4.33 Å². The van der Waals surface area contributed by atoms with E-state index >= 15 is 0 Å². The smallest absolute Gasteiger partial charge is 0.282 e. The first-order valence-corrected chi connectivity index (χ1v) is 6.28. The fourth-order valence-corrected chi connectivity index (χ4v) is 2.49. The second-order valence-electron chi connectivity index (χ2n) is 3.08. The van der Waals surface area contributed by atoms with Crippen molar-refractivity contribution in [2.45, 2.75) is 23.6 Å². The zero-order valence-electron chi connectivity index (χ0n) is 8.50. The summed E-state index contributed by atoms with van der Waals surface area (Å²) in [4.78, 5) is 0.415. The topological polar surface area (TPSA) is 93.1 Å². The van der Waals surface area contributed by atoms with Crippen LogP contribution < -0.4 is 0 Å². The molecule has 0 unspecified atom stereocenters. The van der Waals surface area contributed by atoms with Gasteiger partial charge in [0.05, 0.1) is 16.9 Å². The fraction of sp³-hybridized carbons (Fsp3) is 0.250. The second-order valence-corrected chi connectivity index (χ2v) is 5.22. The van der Waals surface area contributed by atoms with Gasteiger partial charge in [-0.05, 0) is 37.1 Å². The summed E-state index contributed by atoms with van der Waals surface area (Å²) in [5.74, 6) is 0. The van der Waals surface area contributed by atoms with Crippen molar-refractivity contribution >= 4 is 22.2 Å². The van der Waals surface area contributed by atoms with Gasteiger partial charge in [-0.2, -0.15) is 8.42 Å². The lowest BCUT2D eigenvalue weighted by atomic mass is 10.2. The van der Waals surface area contributed by atoms with Gasteiger partial charge in [0.2, 0.25) is 0 Å². The van der Waals surface area contributed by atoms with E-state index in [4.69, 9.17) is 9.81 Å². The van der Waals surface area contributed by atoms with Crippen LogP contribution in [0.4, 0.5) is 0 Å². The molecule has 1 aromatic carbocycles. The van der Waals surface area contributed by atoms with Crippen molar-refractivity contribution in [1.29, 1.82) is 0 Å². The van der Waals surface area contributed by atoms with Gasteiger partial charge in [0.15, 0.2) is 0 Å². The van der Waals surface area contributed by atoms with Gasteiger partial charge < -0.3 is 0 Å². The summed E-state index contributed by atoms with van der Waals surface area (Å²) in [6, 6.07) is 2.82. The number of hydrogen-bond donors (Lipinski definition) is 2. The predicted molar refractivity (Wildman–Crippen MR) is 56.4 cm³/mol. The highest BCUT2D eigenvalue weighted by Gasteiger charge is 2.15. The highest BCUT2D eigenvalue weighted by Crippen LogP contribution is 2.28. The van der Waals surface area contributed by atoms with E-state index in [1.807, 2.05) is 0 Å². The molecule has 0 atom stereocenters. The Hall–Kier alpha value is -0.640. The number of aryl methyl sites for hydroxylation is 2. The van der Waals surface area contributed by atoms with Crippen LogP contribution in [0.5, 0.6) is 0 Å². The normalized spacial score (nSPS) is 11.8. The van der Waals surface area contributed by atoms with Crippen LogP contribution in [-0.4, -0.2) is 18.2 Å². The monoisotopic (exact) mass is 266 g/mol. The molecule has 0 aliphatic carbocycles. The standard InChI is InChI=1S/C8H10O6S2/c1-5-4-8(16(10,11)12)6(2)3-7(5)15-14-13-9/h3-4,9H,1-2H3,(H,10,11,12). The van der Waals surface area contributed by atoms with Crippen LogP contribution in [0.25, 0.3) is 0 Å². The summed E-state index contributed by atoms with van der Waals surface area (Å²) in [6.45, 7) is 3.17. The Bertz CT molecular complexity index is 482.